The predicted octanol–water partition coefficient (Wildman–Crippen LogP) is 2.65. The summed E-state index contributed by atoms with van der Waals surface area (Å²) >= 11 is 1.82. The van der Waals surface area contributed by atoms with Gasteiger partial charge in [0.05, 0.1) is 18.9 Å². The molecule has 0 bridgehead atoms. The molecule has 1 unspecified atom stereocenters. The summed E-state index contributed by atoms with van der Waals surface area (Å²) in [6, 6.07) is 11.0. The summed E-state index contributed by atoms with van der Waals surface area (Å²) in [7, 11) is 0. The lowest BCUT2D eigenvalue weighted by Crippen LogP contribution is -2.30. The largest absolute Gasteiger partial charge is 0.360 e. The Morgan fingerprint density at radius 3 is 2.95 bits per heavy atom. The van der Waals surface area contributed by atoms with Gasteiger partial charge in [-0.2, -0.15) is 0 Å². The van der Waals surface area contributed by atoms with E-state index in [0.717, 1.165) is 36.7 Å². The summed E-state index contributed by atoms with van der Waals surface area (Å²) in [5.74, 6) is 1.09. The number of aromatic amines is 1. The number of benzene rings is 1. The molecule has 5 heteroatoms. The molecule has 0 saturated heterocycles. The number of H-pyrrole nitrogens is 1. The smallest absolute Gasteiger partial charge is 0.156 e. The van der Waals surface area contributed by atoms with Crippen molar-refractivity contribution in [1.29, 1.82) is 0 Å². The minimum Gasteiger partial charge on any atom is -0.360 e. The Bertz CT molecular complexity index is 565. The van der Waals surface area contributed by atoms with Gasteiger partial charge in [-0.1, -0.05) is 42.1 Å². The maximum Gasteiger partial charge on any atom is 0.156 e. The molecule has 1 aromatic carbocycles. The molecule has 3 rings (SSSR count). The molecule has 4 nitrogen and oxygen atoms in total. The van der Waals surface area contributed by atoms with Crippen molar-refractivity contribution in [2.24, 2.45) is 4.99 Å². The van der Waals surface area contributed by atoms with Crippen LogP contribution < -0.4 is 5.32 Å². The number of aryl methyl sites for hydroxylation is 1. The molecule has 1 aliphatic heterocycles. The van der Waals surface area contributed by atoms with Gasteiger partial charge >= 0.3 is 0 Å². The third-order valence-corrected chi connectivity index (χ3v) is 4.51. The summed E-state index contributed by atoms with van der Waals surface area (Å²) < 4.78 is 0. The maximum atomic E-state index is 4.60. The summed E-state index contributed by atoms with van der Waals surface area (Å²) in [5.41, 5.74) is 2.58. The fraction of sp³-hybridized carbons (Fsp3) is 0.375. The van der Waals surface area contributed by atoms with Gasteiger partial charge < -0.3 is 10.3 Å². The molecular formula is C16H20N4S. The molecule has 0 fully saturated rings. The molecule has 1 aromatic heterocycles. The zero-order valence-corrected chi connectivity index (χ0v) is 12.8. The second kappa shape index (κ2) is 7.31. The highest BCUT2D eigenvalue weighted by atomic mass is 32.2. The lowest BCUT2D eigenvalue weighted by molar-refractivity contribution is 0.656. The first-order valence-corrected chi connectivity index (χ1v) is 8.33. The van der Waals surface area contributed by atoms with Crippen molar-refractivity contribution in [2.45, 2.75) is 25.3 Å². The molecule has 2 aromatic rings. The fourth-order valence-electron chi connectivity index (χ4n) is 2.41. The molecule has 1 atom stereocenters. The van der Waals surface area contributed by atoms with Crippen molar-refractivity contribution >= 4 is 16.9 Å². The third-order valence-electron chi connectivity index (χ3n) is 3.49. The SMILES string of the molecule is c1ccc(CC2CN=C(SCCCc3cnc[nH]3)N2)cc1. The molecule has 1 aliphatic rings. The van der Waals surface area contributed by atoms with Crippen LogP contribution in [0.25, 0.3) is 0 Å². The molecule has 2 N–H and O–H groups in total. The van der Waals surface area contributed by atoms with Crippen LogP contribution in [0.1, 0.15) is 17.7 Å². The number of aliphatic imine (C=N–C) groups is 1. The summed E-state index contributed by atoms with van der Waals surface area (Å²) in [4.78, 5) is 11.8. The first-order valence-electron chi connectivity index (χ1n) is 7.35. The van der Waals surface area contributed by atoms with E-state index < -0.39 is 0 Å². The van der Waals surface area contributed by atoms with E-state index in [1.807, 2.05) is 18.0 Å². The normalized spacial score (nSPS) is 17.5. The number of nitrogens with one attached hydrogen (secondary N) is 2. The standard InChI is InChI=1S/C16H20N4S/c1-2-5-13(6-3-1)9-15-11-18-16(20-15)21-8-4-7-14-10-17-12-19-14/h1-3,5-6,10,12,15H,4,7-9,11H2,(H,17,19)(H,18,20). The highest BCUT2D eigenvalue weighted by molar-refractivity contribution is 8.13. The van der Waals surface area contributed by atoms with Crippen LogP contribution >= 0.6 is 11.8 Å². The van der Waals surface area contributed by atoms with E-state index in [4.69, 9.17) is 0 Å². The van der Waals surface area contributed by atoms with Gasteiger partial charge in [0.25, 0.3) is 0 Å². The highest BCUT2D eigenvalue weighted by Gasteiger charge is 2.17. The lowest BCUT2D eigenvalue weighted by Gasteiger charge is -2.11. The van der Waals surface area contributed by atoms with Gasteiger partial charge in [-0.25, -0.2) is 4.98 Å². The van der Waals surface area contributed by atoms with E-state index in [2.05, 4.69) is 50.6 Å². The van der Waals surface area contributed by atoms with Crippen molar-refractivity contribution in [2.75, 3.05) is 12.3 Å². The minimum absolute atomic E-state index is 0.447. The first-order chi connectivity index (χ1) is 10.4. The Balaban J connectivity index is 1.35. The quantitative estimate of drug-likeness (QED) is 0.806. The molecule has 0 amide bonds. The number of amidine groups is 1. The van der Waals surface area contributed by atoms with Gasteiger partial charge in [0.2, 0.25) is 0 Å². The zero-order chi connectivity index (χ0) is 14.3. The molecule has 110 valence electrons. The maximum absolute atomic E-state index is 4.60. The van der Waals surface area contributed by atoms with Crippen molar-refractivity contribution < 1.29 is 0 Å². The topological polar surface area (TPSA) is 53.1 Å². The van der Waals surface area contributed by atoms with Gasteiger partial charge in [0, 0.05) is 17.6 Å². The van der Waals surface area contributed by atoms with Crippen LogP contribution in [0.15, 0.2) is 47.8 Å². The van der Waals surface area contributed by atoms with Crippen molar-refractivity contribution in [1.82, 2.24) is 15.3 Å². The number of hydrogen-bond donors (Lipinski definition) is 2. The van der Waals surface area contributed by atoms with Gasteiger partial charge in [-0.15, -0.1) is 0 Å². The number of nitrogens with zero attached hydrogens (tertiary/aromatic N) is 2. The van der Waals surface area contributed by atoms with Crippen LogP contribution in [0.5, 0.6) is 0 Å². The zero-order valence-electron chi connectivity index (χ0n) is 12.0. The van der Waals surface area contributed by atoms with E-state index >= 15 is 0 Å². The number of rotatable bonds is 6. The molecular weight excluding hydrogens is 280 g/mol. The van der Waals surface area contributed by atoms with Gasteiger partial charge in [0.15, 0.2) is 5.17 Å². The first kappa shape index (κ1) is 14.2. The number of thioether (sulfide) groups is 1. The summed E-state index contributed by atoms with van der Waals surface area (Å²) in [6.45, 7) is 0.887. The van der Waals surface area contributed by atoms with Crippen LogP contribution in [-0.2, 0) is 12.8 Å². The predicted molar refractivity (Wildman–Crippen MR) is 88.7 cm³/mol. The molecule has 0 saturated carbocycles. The third kappa shape index (κ3) is 4.36. The Kier molecular flexibility index (Phi) is 4.94. The monoisotopic (exact) mass is 300 g/mol. The van der Waals surface area contributed by atoms with E-state index in [1.165, 1.54) is 11.3 Å². The Labute approximate surface area is 129 Å². The van der Waals surface area contributed by atoms with Crippen LogP contribution in [0.4, 0.5) is 0 Å². The van der Waals surface area contributed by atoms with Crippen molar-refractivity contribution in [3.63, 3.8) is 0 Å². The molecule has 0 radical (unpaired) electrons. The number of imidazole rings is 1. The van der Waals surface area contributed by atoms with Crippen LogP contribution in [0.3, 0.4) is 0 Å². The highest BCUT2D eigenvalue weighted by Crippen LogP contribution is 2.14. The average molecular weight is 300 g/mol. The fourth-order valence-corrected chi connectivity index (χ4v) is 3.31. The van der Waals surface area contributed by atoms with Crippen molar-refractivity contribution in [3.8, 4) is 0 Å². The van der Waals surface area contributed by atoms with E-state index in [1.54, 1.807) is 6.33 Å². The second-order valence-corrected chi connectivity index (χ2v) is 6.29. The summed E-state index contributed by atoms with van der Waals surface area (Å²) in [5, 5.41) is 4.62. The van der Waals surface area contributed by atoms with Crippen LogP contribution in [0, 0.1) is 0 Å². The second-order valence-electron chi connectivity index (χ2n) is 5.21. The summed E-state index contributed by atoms with van der Waals surface area (Å²) in [6.07, 6.45) is 6.86. The Hall–Kier alpha value is -1.75. The van der Waals surface area contributed by atoms with Crippen LogP contribution in [0.2, 0.25) is 0 Å². The van der Waals surface area contributed by atoms with Gasteiger partial charge in [-0.05, 0) is 24.8 Å². The molecule has 0 aliphatic carbocycles. The Morgan fingerprint density at radius 2 is 2.14 bits per heavy atom. The van der Waals surface area contributed by atoms with Crippen molar-refractivity contribution in [3.05, 3.63) is 54.1 Å². The molecule has 0 spiro atoms. The van der Waals surface area contributed by atoms with Gasteiger partial charge in [0.1, 0.15) is 0 Å². The van der Waals surface area contributed by atoms with E-state index in [0.29, 0.717) is 6.04 Å². The molecule has 21 heavy (non-hydrogen) atoms. The Morgan fingerprint density at radius 1 is 1.24 bits per heavy atom. The number of aromatic nitrogens is 2. The van der Waals surface area contributed by atoms with E-state index in [9.17, 15) is 0 Å². The van der Waals surface area contributed by atoms with Crippen LogP contribution in [-0.4, -0.2) is 33.5 Å². The lowest BCUT2D eigenvalue weighted by atomic mass is 10.1. The minimum atomic E-state index is 0.447. The van der Waals surface area contributed by atoms with E-state index in [-0.39, 0.29) is 0 Å². The van der Waals surface area contributed by atoms with Gasteiger partial charge in [-0.3, -0.25) is 4.99 Å². The molecule has 2 heterocycles. The number of hydrogen-bond acceptors (Lipinski definition) is 4. The average Bonchev–Trinajstić information content (AvgIpc) is 3.17.